The van der Waals surface area contributed by atoms with E-state index in [-0.39, 0.29) is 0 Å². The van der Waals surface area contributed by atoms with Gasteiger partial charge in [-0.1, -0.05) is 6.07 Å². The minimum atomic E-state index is 0.295. The number of benzene rings is 2. The van der Waals surface area contributed by atoms with Crippen LogP contribution in [0.4, 0.5) is 5.69 Å². The van der Waals surface area contributed by atoms with Crippen molar-refractivity contribution in [2.75, 3.05) is 45.0 Å². The lowest BCUT2D eigenvalue weighted by Crippen LogP contribution is -2.51. The molecule has 142 valence electrons. The Hall–Kier alpha value is -2.67. The molecule has 7 heteroatoms. The van der Waals surface area contributed by atoms with E-state index in [4.69, 9.17) is 26.4 Å². The van der Waals surface area contributed by atoms with Gasteiger partial charge >= 0.3 is 0 Å². The van der Waals surface area contributed by atoms with Gasteiger partial charge in [-0.25, -0.2) is 0 Å². The third-order valence-corrected chi connectivity index (χ3v) is 5.29. The Morgan fingerprint density at radius 2 is 1.78 bits per heavy atom. The Balaban J connectivity index is 1.27. The molecule has 27 heavy (non-hydrogen) atoms. The second-order valence-electron chi connectivity index (χ2n) is 6.52. The van der Waals surface area contributed by atoms with Crippen molar-refractivity contribution in [2.45, 2.75) is 6.54 Å². The molecule has 0 spiro atoms. The molecule has 1 fully saturated rings. The summed E-state index contributed by atoms with van der Waals surface area (Å²) in [6.45, 7) is 4.66. The molecule has 0 amide bonds. The third-order valence-electron chi connectivity index (χ3n) is 4.89. The summed E-state index contributed by atoms with van der Waals surface area (Å²) in [7, 11) is 1.69. The van der Waals surface area contributed by atoms with E-state index in [9.17, 15) is 0 Å². The quantitative estimate of drug-likeness (QED) is 0.812. The zero-order valence-electron chi connectivity index (χ0n) is 15.3. The van der Waals surface area contributed by atoms with E-state index >= 15 is 0 Å². The predicted octanol–water partition coefficient (Wildman–Crippen LogP) is 2.62. The molecular formula is C20H23N3O3S. The fourth-order valence-electron chi connectivity index (χ4n) is 3.30. The molecule has 0 unspecified atom stereocenters. The molecule has 0 aliphatic carbocycles. The van der Waals surface area contributed by atoms with Crippen LogP contribution in [-0.2, 0) is 6.54 Å². The maximum absolute atomic E-state index is 5.58. The molecule has 2 aliphatic rings. The first kappa shape index (κ1) is 17.7. The molecule has 4 rings (SSSR count). The molecule has 0 aromatic heterocycles. The van der Waals surface area contributed by atoms with Crippen LogP contribution in [0.15, 0.2) is 42.5 Å². The Morgan fingerprint density at radius 1 is 1.04 bits per heavy atom. The number of fused-ring (bicyclic) bond motifs is 1. The van der Waals surface area contributed by atoms with Gasteiger partial charge in [0.15, 0.2) is 16.6 Å². The first-order valence-corrected chi connectivity index (χ1v) is 9.44. The molecule has 0 atom stereocenters. The van der Waals surface area contributed by atoms with Crippen molar-refractivity contribution in [1.82, 2.24) is 10.2 Å². The van der Waals surface area contributed by atoms with Crippen LogP contribution in [-0.4, -0.2) is 50.1 Å². The number of nitrogens with zero attached hydrogens (tertiary/aromatic N) is 2. The van der Waals surface area contributed by atoms with Crippen LogP contribution < -0.4 is 24.4 Å². The zero-order valence-corrected chi connectivity index (χ0v) is 16.1. The number of thiocarbonyl (C=S) groups is 1. The standard InChI is InChI=1S/C20H23N3O3S/c1-24-17-5-3-16(4-6-17)22-8-10-23(11-9-22)20(27)21-13-15-2-7-18-19(12-15)26-14-25-18/h2-7,12H,8-11,13-14H2,1H3,(H,21,27). The fraction of sp³-hybridized carbons (Fsp3) is 0.350. The van der Waals surface area contributed by atoms with E-state index in [1.807, 2.05) is 30.3 Å². The van der Waals surface area contributed by atoms with Crippen molar-refractivity contribution in [1.29, 1.82) is 0 Å². The summed E-state index contributed by atoms with van der Waals surface area (Å²) in [4.78, 5) is 4.60. The lowest BCUT2D eigenvalue weighted by atomic mass is 10.2. The Bertz CT molecular complexity index is 805. The van der Waals surface area contributed by atoms with Gasteiger partial charge < -0.3 is 29.3 Å². The molecule has 0 saturated carbocycles. The van der Waals surface area contributed by atoms with Crippen molar-refractivity contribution in [3.8, 4) is 17.2 Å². The number of ether oxygens (including phenoxy) is 3. The minimum absolute atomic E-state index is 0.295. The largest absolute Gasteiger partial charge is 0.497 e. The second kappa shape index (κ2) is 7.92. The van der Waals surface area contributed by atoms with E-state index in [0.717, 1.165) is 54.1 Å². The van der Waals surface area contributed by atoms with Crippen LogP contribution in [0, 0.1) is 0 Å². The first-order valence-electron chi connectivity index (χ1n) is 9.03. The van der Waals surface area contributed by atoms with Gasteiger partial charge in [-0.3, -0.25) is 0 Å². The lowest BCUT2D eigenvalue weighted by molar-refractivity contribution is 0.174. The molecular weight excluding hydrogens is 362 g/mol. The average Bonchev–Trinajstić information content (AvgIpc) is 3.20. The summed E-state index contributed by atoms with van der Waals surface area (Å²) in [6, 6.07) is 14.2. The summed E-state index contributed by atoms with van der Waals surface area (Å²) in [5.74, 6) is 2.48. The fourth-order valence-corrected chi connectivity index (χ4v) is 3.56. The van der Waals surface area contributed by atoms with Gasteiger partial charge in [0.2, 0.25) is 6.79 Å². The van der Waals surface area contributed by atoms with Crippen molar-refractivity contribution in [2.24, 2.45) is 0 Å². The molecule has 1 saturated heterocycles. The highest BCUT2D eigenvalue weighted by Crippen LogP contribution is 2.32. The van der Waals surface area contributed by atoms with Crippen LogP contribution in [0.1, 0.15) is 5.56 Å². The molecule has 2 aromatic rings. The number of nitrogens with one attached hydrogen (secondary N) is 1. The molecule has 2 aromatic carbocycles. The highest BCUT2D eigenvalue weighted by molar-refractivity contribution is 7.80. The third kappa shape index (κ3) is 4.03. The summed E-state index contributed by atoms with van der Waals surface area (Å²) in [6.07, 6.45) is 0. The molecule has 0 bridgehead atoms. The molecule has 2 aliphatic heterocycles. The second-order valence-corrected chi connectivity index (χ2v) is 6.91. The van der Waals surface area contributed by atoms with Crippen molar-refractivity contribution in [3.63, 3.8) is 0 Å². The van der Waals surface area contributed by atoms with Crippen LogP contribution in [0.5, 0.6) is 17.2 Å². The summed E-state index contributed by atoms with van der Waals surface area (Å²) in [5.41, 5.74) is 2.34. The zero-order chi connectivity index (χ0) is 18.6. The van der Waals surface area contributed by atoms with E-state index in [0.29, 0.717) is 13.3 Å². The molecule has 2 heterocycles. The van der Waals surface area contributed by atoms with Crippen LogP contribution in [0.3, 0.4) is 0 Å². The Labute approximate surface area is 164 Å². The van der Waals surface area contributed by atoms with Gasteiger partial charge in [0.05, 0.1) is 7.11 Å². The number of anilines is 1. The van der Waals surface area contributed by atoms with Gasteiger partial charge in [-0.15, -0.1) is 0 Å². The Kier molecular flexibility index (Phi) is 5.20. The summed E-state index contributed by atoms with van der Waals surface area (Å²) >= 11 is 5.58. The maximum Gasteiger partial charge on any atom is 0.231 e. The topological polar surface area (TPSA) is 46.2 Å². The highest BCUT2D eigenvalue weighted by atomic mass is 32.1. The molecule has 0 radical (unpaired) electrons. The Morgan fingerprint density at radius 3 is 2.52 bits per heavy atom. The summed E-state index contributed by atoms with van der Waals surface area (Å²) < 4.78 is 16.0. The van der Waals surface area contributed by atoms with E-state index in [1.165, 1.54) is 5.69 Å². The van der Waals surface area contributed by atoms with Gasteiger partial charge in [0.25, 0.3) is 0 Å². The van der Waals surface area contributed by atoms with Gasteiger partial charge in [-0.2, -0.15) is 0 Å². The number of piperazine rings is 1. The predicted molar refractivity (Wildman–Crippen MR) is 109 cm³/mol. The smallest absolute Gasteiger partial charge is 0.231 e. The normalized spacial score (nSPS) is 15.6. The number of hydrogen-bond donors (Lipinski definition) is 1. The monoisotopic (exact) mass is 385 g/mol. The van der Waals surface area contributed by atoms with Crippen LogP contribution in [0.2, 0.25) is 0 Å². The average molecular weight is 385 g/mol. The molecule has 1 N–H and O–H groups in total. The van der Waals surface area contributed by atoms with E-state index in [2.05, 4.69) is 27.2 Å². The highest BCUT2D eigenvalue weighted by Gasteiger charge is 2.19. The van der Waals surface area contributed by atoms with Gasteiger partial charge in [-0.05, 0) is 54.2 Å². The SMILES string of the molecule is COc1ccc(N2CCN(C(=S)NCc3ccc4c(c3)OCO4)CC2)cc1. The van der Waals surface area contributed by atoms with Crippen LogP contribution >= 0.6 is 12.2 Å². The van der Waals surface area contributed by atoms with Crippen molar-refractivity contribution < 1.29 is 14.2 Å². The van der Waals surface area contributed by atoms with E-state index in [1.54, 1.807) is 7.11 Å². The first-order chi connectivity index (χ1) is 13.2. The number of methoxy groups -OCH3 is 1. The van der Waals surface area contributed by atoms with Crippen LogP contribution in [0.25, 0.3) is 0 Å². The molecule has 6 nitrogen and oxygen atoms in total. The number of rotatable bonds is 4. The lowest BCUT2D eigenvalue weighted by Gasteiger charge is -2.37. The number of hydrogen-bond acceptors (Lipinski definition) is 5. The maximum atomic E-state index is 5.58. The van der Waals surface area contributed by atoms with Gasteiger partial charge in [0.1, 0.15) is 5.75 Å². The van der Waals surface area contributed by atoms with Crippen molar-refractivity contribution >= 4 is 23.0 Å². The minimum Gasteiger partial charge on any atom is -0.497 e. The summed E-state index contributed by atoms with van der Waals surface area (Å²) in [5, 5.41) is 4.15. The van der Waals surface area contributed by atoms with Gasteiger partial charge in [0, 0.05) is 38.4 Å². The van der Waals surface area contributed by atoms with Crippen molar-refractivity contribution in [3.05, 3.63) is 48.0 Å². The van der Waals surface area contributed by atoms with E-state index < -0.39 is 0 Å².